The molecule has 0 saturated heterocycles. The summed E-state index contributed by atoms with van der Waals surface area (Å²) in [5.41, 5.74) is -12.6. The molecule has 12 rings (SSSR count). The summed E-state index contributed by atoms with van der Waals surface area (Å²) in [4.78, 5) is 89.1. The first-order chi connectivity index (χ1) is 49.2. The second kappa shape index (κ2) is 32.9. The zero-order valence-corrected chi connectivity index (χ0v) is 67.0. The number of hydrogen-bond donors (Lipinski definition) is 5. The second-order valence-electron chi connectivity index (χ2n) is 34.1. The molecule has 0 spiro atoms. The molecule has 5 N–H and O–H groups in total. The average Bonchev–Trinajstić information content (AvgIpc) is 1.62. The Morgan fingerprint density at radius 1 is 0.438 bits per heavy atom. The average molecular weight is 1480 g/mol. The number of alkyl halides is 3. The van der Waals surface area contributed by atoms with E-state index in [9.17, 15) is 59.1 Å². The van der Waals surface area contributed by atoms with Crippen molar-refractivity contribution in [2.45, 2.75) is 319 Å². The number of allylic oxidation sites excluding steroid dienone is 12. The molecule has 24 atom stereocenters. The fourth-order valence-electron chi connectivity index (χ4n) is 23.8. The maximum Gasteiger partial charge on any atom is 0.306 e. The van der Waals surface area contributed by atoms with Crippen LogP contribution in [0.3, 0.4) is 0 Å². The summed E-state index contributed by atoms with van der Waals surface area (Å²) in [6.45, 7) is 34.2. The molecule has 12 aliphatic carbocycles. The van der Waals surface area contributed by atoms with Crippen LogP contribution < -0.4 is 0 Å². The van der Waals surface area contributed by atoms with Gasteiger partial charge in [0.2, 0.25) is 11.6 Å². The van der Waals surface area contributed by atoms with E-state index in [1.165, 1.54) is 12.8 Å². The van der Waals surface area contributed by atoms with Crippen LogP contribution in [0.15, 0.2) is 71.4 Å². The van der Waals surface area contributed by atoms with Gasteiger partial charge in [0.25, 0.3) is 0 Å². The zero-order valence-electron chi connectivity index (χ0n) is 67.0. The summed E-state index contributed by atoms with van der Waals surface area (Å²) in [6, 6.07) is 0. The maximum atomic E-state index is 17.4. The Bertz CT molecular complexity index is 3240. The van der Waals surface area contributed by atoms with Crippen molar-refractivity contribution in [1.82, 2.24) is 0 Å². The molecule has 16 nitrogen and oxygen atoms in total. The molecule has 0 aromatic rings. The number of fused-ring (bicyclic) bond motifs is 15. The number of ether oxygens (including phenoxy) is 4. The minimum Gasteiger partial charge on any atom is -0.457 e. The largest absolute Gasteiger partial charge is 0.457 e. The van der Waals surface area contributed by atoms with Gasteiger partial charge in [0, 0.05) is 87.8 Å². The van der Waals surface area contributed by atoms with E-state index in [1.54, 1.807) is 27.7 Å². The van der Waals surface area contributed by atoms with Crippen molar-refractivity contribution in [2.24, 2.45) is 85.8 Å². The van der Waals surface area contributed by atoms with Crippen LogP contribution in [0, 0.1) is 85.8 Å². The van der Waals surface area contributed by atoms with E-state index in [1.807, 2.05) is 131 Å². The van der Waals surface area contributed by atoms with Crippen molar-refractivity contribution in [3.63, 3.8) is 0 Å². The Hall–Kier alpha value is -5.08. The Kier molecular flexibility index (Phi) is 27.3. The molecular weight excluding hydrogens is 1350 g/mol. The molecule has 0 aliphatic heterocycles. The predicted octanol–water partition coefficient (Wildman–Crippen LogP) is 15.9. The molecule has 9 saturated carbocycles. The maximum absolute atomic E-state index is 17.4. The molecule has 592 valence electrons. The van der Waals surface area contributed by atoms with Gasteiger partial charge in [-0.3, -0.25) is 33.6 Å². The lowest BCUT2D eigenvalue weighted by Gasteiger charge is -2.63. The number of esters is 4. The van der Waals surface area contributed by atoms with E-state index in [0.29, 0.717) is 57.8 Å². The quantitative estimate of drug-likeness (QED) is 0.0800. The van der Waals surface area contributed by atoms with Crippen LogP contribution in [-0.2, 0) is 52.5 Å². The summed E-state index contributed by atoms with van der Waals surface area (Å²) < 4.78 is 74.0. The Balaban J connectivity index is 0.000000211. The lowest BCUT2D eigenvalue weighted by Crippen LogP contribution is -2.70. The highest BCUT2D eigenvalue weighted by atomic mass is 19.2. The van der Waals surface area contributed by atoms with Gasteiger partial charge in [0.1, 0.15) is 29.2 Å². The van der Waals surface area contributed by atoms with Crippen molar-refractivity contribution < 1.29 is 91.2 Å². The summed E-state index contributed by atoms with van der Waals surface area (Å²) in [5, 5.41) is 55.1. The molecule has 12 aliphatic rings. The van der Waals surface area contributed by atoms with E-state index in [0.717, 1.165) is 36.0 Å². The molecular formula is C86H131F3O16. The van der Waals surface area contributed by atoms with Crippen molar-refractivity contribution in [1.29, 1.82) is 0 Å². The van der Waals surface area contributed by atoms with Gasteiger partial charge < -0.3 is 44.5 Å². The number of carbonyl (C=O) groups is 7. The minimum absolute atomic E-state index is 0.00789. The molecule has 0 amide bonds. The number of halogens is 3. The first-order valence-electron chi connectivity index (χ1n) is 40.1. The number of aliphatic hydroxyl groups is 5. The van der Waals surface area contributed by atoms with E-state index >= 15 is 13.2 Å². The summed E-state index contributed by atoms with van der Waals surface area (Å²) in [6.07, 6.45) is 23.8. The van der Waals surface area contributed by atoms with Gasteiger partial charge in [0.05, 0.1) is 18.3 Å². The third-order valence-corrected chi connectivity index (χ3v) is 28.9. The fraction of sp³-hybridized carbons (Fsp3) is 0.779. The van der Waals surface area contributed by atoms with Gasteiger partial charge in [-0.25, -0.2) is 13.2 Å². The van der Waals surface area contributed by atoms with Gasteiger partial charge in [-0.15, -0.1) is 0 Å². The van der Waals surface area contributed by atoms with Crippen LogP contribution in [0.2, 0.25) is 0 Å². The third-order valence-electron chi connectivity index (χ3n) is 28.9. The zero-order chi connectivity index (χ0) is 78.9. The van der Waals surface area contributed by atoms with E-state index < -0.39 is 175 Å². The van der Waals surface area contributed by atoms with Crippen molar-refractivity contribution in [2.75, 3.05) is 19.8 Å². The molecule has 0 bridgehead atoms. The van der Waals surface area contributed by atoms with Gasteiger partial charge in [-0.05, 0) is 120 Å². The molecule has 0 heterocycles. The number of Topliss-reactive ketones (excluding diaryl/α,β-unsaturated/α-hetero) is 3. The predicted molar refractivity (Wildman–Crippen MR) is 399 cm³/mol. The van der Waals surface area contributed by atoms with Crippen LogP contribution >= 0.6 is 0 Å². The van der Waals surface area contributed by atoms with Crippen LogP contribution in [-0.4, -0.2) is 139 Å². The first-order valence-corrected chi connectivity index (χ1v) is 40.1. The molecule has 105 heavy (non-hydrogen) atoms. The number of rotatable bonds is 14. The van der Waals surface area contributed by atoms with E-state index in [-0.39, 0.29) is 68.6 Å². The Morgan fingerprint density at radius 2 is 0.714 bits per heavy atom. The highest BCUT2D eigenvalue weighted by Gasteiger charge is 2.80. The lowest BCUT2D eigenvalue weighted by molar-refractivity contribution is -0.234. The molecule has 19 heteroatoms. The smallest absolute Gasteiger partial charge is 0.306 e. The van der Waals surface area contributed by atoms with Crippen molar-refractivity contribution in [3.05, 3.63) is 71.4 Å². The third kappa shape index (κ3) is 13.2. The molecule has 0 radical (unpaired) electrons. The summed E-state index contributed by atoms with van der Waals surface area (Å²) in [5.74, 6) is -7.00. The summed E-state index contributed by atoms with van der Waals surface area (Å²) in [7, 11) is 0. The second-order valence-corrected chi connectivity index (χ2v) is 34.1. The molecule has 0 aromatic carbocycles. The molecule has 0 aromatic heterocycles. The Labute approximate surface area is 625 Å². The summed E-state index contributed by atoms with van der Waals surface area (Å²) >= 11 is 0. The molecule has 9 fully saturated rings. The standard InChI is InChI=1S/2C28H39FO6.C22H31FO4.2C3H8.C2H6/c2*1-6-23(32)34-16-22(31)28(35-24(33)7-2)17(3)14-20-19-12-11-18-10-8-9-13-25(18,4)27(19,29)21(30)15-26(20,28)5;1-13-10-16-15-8-7-14-6-4-5-9-19(14,2)21(15,23)17(25)11-20(16,3)22(13,27)18(26)12-24;2*1-3-2;1-2/h2*8-10,17,19-21,30H,6-7,11-16H2,1-5H3;4-6,13,15-17,24-25,27H,7-12H2,1-3H3;2*3H2,1-2H3;1-2H3/t2*17-,19-,20-,21-,25-,26-,27-,28-;13-,15-,16-,17-,19-,20-,21-,22-;;;/m000.../s1. The topological polar surface area (TPSA) is 258 Å². The van der Waals surface area contributed by atoms with Crippen molar-refractivity contribution in [3.8, 4) is 0 Å². The van der Waals surface area contributed by atoms with Gasteiger partial charge >= 0.3 is 23.9 Å². The number of aliphatic hydroxyl groups excluding tert-OH is 4. The van der Waals surface area contributed by atoms with E-state index in [4.69, 9.17) is 18.9 Å². The monoisotopic (exact) mass is 1480 g/mol. The minimum atomic E-state index is -1.85. The number of hydrogen-bond acceptors (Lipinski definition) is 16. The van der Waals surface area contributed by atoms with E-state index in [2.05, 4.69) is 27.7 Å². The highest BCUT2D eigenvalue weighted by molar-refractivity contribution is 5.95. The van der Waals surface area contributed by atoms with Gasteiger partial charge in [-0.2, -0.15) is 0 Å². The first kappa shape index (κ1) is 87.1. The number of ketones is 3. The number of carbonyl (C=O) groups excluding carboxylic acids is 7. The SMILES string of the molecule is CC.CCC.CCC.CCC(=O)OCC(=O)[C@@]1(OC(=O)CC)[C@@H](C)C[C@H]2[C@@H]3CCC4=CC=CC[C@]4(C)[C@@]3(F)[C@@H](O)C[C@@]21C.CCC(=O)OCC(=O)[C@@]1(OC(=O)CC)[C@@H](C)C[C@H]2[C@@H]3CCC4=CC=CC[C@]4(C)[C@@]3(F)[C@@H](O)C[C@@]21C.C[C@H]1C[C@H]2[C@@H]3CCC4=CC=CC[C@]4(C)[C@@]3(F)[C@@H](O)C[C@]2(C)[C@@]1(O)C(=O)CO. The van der Waals surface area contributed by atoms with Gasteiger partial charge in [-0.1, -0.05) is 216 Å². The molecule has 0 unspecified atom stereocenters. The van der Waals surface area contributed by atoms with Crippen LogP contribution in [0.5, 0.6) is 0 Å². The lowest BCUT2D eigenvalue weighted by atomic mass is 9.44. The van der Waals surface area contributed by atoms with Crippen molar-refractivity contribution >= 4 is 41.2 Å². The van der Waals surface area contributed by atoms with Crippen LogP contribution in [0.4, 0.5) is 13.2 Å². The Morgan fingerprint density at radius 3 is 1.00 bits per heavy atom. The van der Waals surface area contributed by atoms with Crippen LogP contribution in [0.1, 0.15) is 266 Å². The van der Waals surface area contributed by atoms with Crippen LogP contribution in [0.25, 0.3) is 0 Å². The van der Waals surface area contributed by atoms with Gasteiger partial charge in [0.15, 0.2) is 30.2 Å². The highest BCUT2D eigenvalue weighted by Crippen LogP contribution is 2.75. The fourth-order valence-corrected chi connectivity index (χ4v) is 23.8. The normalized spacial score (nSPS) is 43.6.